The Morgan fingerprint density at radius 1 is 1.25 bits per heavy atom. The lowest BCUT2D eigenvalue weighted by atomic mass is 10.1. The van der Waals surface area contributed by atoms with Gasteiger partial charge in [0.15, 0.2) is 0 Å². The van der Waals surface area contributed by atoms with Crippen molar-refractivity contribution < 1.29 is 0 Å². The summed E-state index contributed by atoms with van der Waals surface area (Å²) >= 11 is 5.87. The molecule has 0 bridgehead atoms. The van der Waals surface area contributed by atoms with E-state index in [0.29, 0.717) is 17.2 Å². The van der Waals surface area contributed by atoms with Crippen LogP contribution in [0.2, 0.25) is 5.28 Å². The lowest BCUT2D eigenvalue weighted by molar-refractivity contribution is 0.401. The van der Waals surface area contributed by atoms with Crippen LogP contribution in [-0.4, -0.2) is 14.8 Å². The molecular formula is C8H14ClN3. The molecule has 1 atom stereocenters. The fourth-order valence-corrected chi connectivity index (χ4v) is 1.42. The van der Waals surface area contributed by atoms with Gasteiger partial charge in [0.2, 0.25) is 5.28 Å². The summed E-state index contributed by atoms with van der Waals surface area (Å²) in [6.45, 7) is 8.34. The first-order valence-electron chi connectivity index (χ1n) is 4.11. The predicted octanol–water partition coefficient (Wildman–Crippen LogP) is 2.46. The van der Waals surface area contributed by atoms with E-state index in [1.165, 1.54) is 0 Å². The van der Waals surface area contributed by atoms with Crippen molar-refractivity contribution in [2.24, 2.45) is 5.92 Å². The zero-order valence-corrected chi connectivity index (χ0v) is 8.63. The summed E-state index contributed by atoms with van der Waals surface area (Å²) in [5, 5.41) is 8.18. The van der Waals surface area contributed by atoms with E-state index in [2.05, 4.69) is 31.0 Å². The zero-order chi connectivity index (χ0) is 9.30. The highest BCUT2D eigenvalue weighted by Crippen LogP contribution is 2.21. The molecule has 0 amide bonds. The Balaban J connectivity index is 3.00. The molecule has 68 valence electrons. The molecule has 3 nitrogen and oxygen atoms in total. The molecule has 1 aromatic heterocycles. The van der Waals surface area contributed by atoms with Crippen LogP contribution in [0.4, 0.5) is 0 Å². The summed E-state index contributed by atoms with van der Waals surface area (Å²) < 4.78 is 1.95. The van der Waals surface area contributed by atoms with Crippen LogP contribution < -0.4 is 0 Å². The standard InChI is InChI=1S/C8H14ClN3/c1-5(2)6(3)12-7(4)10-11-8(12)9/h5-6H,1-4H3. The van der Waals surface area contributed by atoms with Gasteiger partial charge in [0.1, 0.15) is 5.82 Å². The maximum atomic E-state index is 5.87. The predicted molar refractivity (Wildman–Crippen MR) is 49.3 cm³/mol. The quantitative estimate of drug-likeness (QED) is 0.712. The zero-order valence-electron chi connectivity index (χ0n) is 7.87. The van der Waals surface area contributed by atoms with Crippen LogP contribution in [0.15, 0.2) is 0 Å². The van der Waals surface area contributed by atoms with Gasteiger partial charge in [-0.3, -0.25) is 4.57 Å². The monoisotopic (exact) mass is 187 g/mol. The third-order valence-corrected chi connectivity index (χ3v) is 2.45. The minimum atomic E-state index is 0.354. The number of aryl methyl sites for hydroxylation is 1. The Hall–Kier alpha value is -0.570. The second-order valence-electron chi connectivity index (χ2n) is 3.37. The van der Waals surface area contributed by atoms with Crippen molar-refractivity contribution in [1.29, 1.82) is 0 Å². The fraction of sp³-hybridized carbons (Fsp3) is 0.750. The van der Waals surface area contributed by atoms with E-state index in [1.807, 2.05) is 11.5 Å². The molecule has 0 aromatic carbocycles. The molecule has 0 aliphatic rings. The Morgan fingerprint density at radius 2 is 1.83 bits per heavy atom. The number of hydrogen-bond donors (Lipinski definition) is 0. The van der Waals surface area contributed by atoms with Gasteiger partial charge in [0.05, 0.1) is 0 Å². The highest BCUT2D eigenvalue weighted by Gasteiger charge is 2.15. The Labute approximate surface area is 77.8 Å². The fourth-order valence-electron chi connectivity index (χ4n) is 1.10. The van der Waals surface area contributed by atoms with Crippen LogP contribution in [-0.2, 0) is 0 Å². The molecule has 1 aromatic rings. The summed E-state index contributed by atoms with van der Waals surface area (Å²) in [6.07, 6.45) is 0. The van der Waals surface area contributed by atoms with E-state index < -0.39 is 0 Å². The highest BCUT2D eigenvalue weighted by atomic mass is 35.5. The normalized spacial score (nSPS) is 13.8. The molecule has 1 heterocycles. The van der Waals surface area contributed by atoms with Crippen molar-refractivity contribution in [2.75, 3.05) is 0 Å². The number of nitrogens with zero attached hydrogens (tertiary/aromatic N) is 3. The van der Waals surface area contributed by atoms with Gasteiger partial charge in [-0.2, -0.15) is 0 Å². The second-order valence-corrected chi connectivity index (χ2v) is 3.71. The van der Waals surface area contributed by atoms with E-state index in [1.54, 1.807) is 0 Å². The van der Waals surface area contributed by atoms with Crippen LogP contribution in [0.25, 0.3) is 0 Å². The highest BCUT2D eigenvalue weighted by molar-refractivity contribution is 6.28. The first kappa shape index (κ1) is 9.52. The van der Waals surface area contributed by atoms with Gasteiger partial charge in [-0.25, -0.2) is 0 Å². The van der Waals surface area contributed by atoms with Gasteiger partial charge in [-0.05, 0) is 31.4 Å². The molecule has 1 rings (SSSR count). The van der Waals surface area contributed by atoms with Gasteiger partial charge in [-0.15, -0.1) is 10.2 Å². The molecule has 1 unspecified atom stereocenters. The third-order valence-electron chi connectivity index (χ3n) is 2.20. The van der Waals surface area contributed by atoms with Gasteiger partial charge in [0.25, 0.3) is 0 Å². The number of rotatable bonds is 2. The Kier molecular flexibility index (Phi) is 2.73. The Morgan fingerprint density at radius 3 is 2.17 bits per heavy atom. The molecule has 4 heteroatoms. The molecular weight excluding hydrogens is 174 g/mol. The van der Waals surface area contributed by atoms with Crippen molar-refractivity contribution in [3.63, 3.8) is 0 Å². The minimum Gasteiger partial charge on any atom is -0.299 e. The maximum Gasteiger partial charge on any atom is 0.225 e. The summed E-state index contributed by atoms with van der Waals surface area (Å²) in [5.41, 5.74) is 0. The number of aromatic nitrogens is 3. The van der Waals surface area contributed by atoms with E-state index in [0.717, 1.165) is 5.82 Å². The first-order chi connectivity index (χ1) is 5.54. The molecule has 0 saturated carbocycles. The summed E-state index contributed by atoms with van der Waals surface area (Å²) in [6, 6.07) is 0.354. The van der Waals surface area contributed by atoms with Crippen LogP contribution in [0.1, 0.15) is 32.6 Å². The minimum absolute atomic E-state index is 0.354. The molecule has 0 spiro atoms. The van der Waals surface area contributed by atoms with Crippen molar-refractivity contribution in [1.82, 2.24) is 14.8 Å². The van der Waals surface area contributed by atoms with E-state index >= 15 is 0 Å². The van der Waals surface area contributed by atoms with Crippen molar-refractivity contribution in [2.45, 2.75) is 33.7 Å². The number of halogens is 1. The van der Waals surface area contributed by atoms with Crippen LogP contribution >= 0.6 is 11.6 Å². The molecule has 0 N–H and O–H groups in total. The summed E-state index contributed by atoms with van der Waals surface area (Å²) in [4.78, 5) is 0. The average molecular weight is 188 g/mol. The molecule has 0 fully saturated rings. The Bertz CT molecular complexity index is 248. The van der Waals surface area contributed by atoms with E-state index in [4.69, 9.17) is 11.6 Å². The van der Waals surface area contributed by atoms with Gasteiger partial charge >= 0.3 is 0 Å². The second kappa shape index (κ2) is 3.44. The van der Waals surface area contributed by atoms with Crippen LogP contribution in [0.5, 0.6) is 0 Å². The van der Waals surface area contributed by atoms with Crippen molar-refractivity contribution in [3.05, 3.63) is 11.1 Å². The topological polar surface area (TPSA) is 30.7 Å². The third kappa shape index (κ3) is 1.61. The number of hydrogen-bond acceptors (Lipinski definition) is 2. The van der Waals surface area contributed by atoms with Crippen molar-refractivity contribution in [3.8, 4) is 0 Å². The lowest BCUT2D eigenvalue weighted by Crippen LogP contribution is -2.13. The molecule has 0 aliphatic carbocycles. The van der Waals surface area contributed by atoms with Crippen LogP contribution in [0, 0.1) is 12.8 Å². The van der Waals surface area contributed by atoms with Crippen LogP contribution in [0.3, 0.4) is 0 Å². The molecule has 0 radical (unpaired) electrons. The van der Waals surface area contributed by atoms with Gasteiger partial charge in [0, 0.05) is 6.04 Å². The summed E-state index contributed by atoms with van der Waals surface area (Å²) in [5.74, 6) is 1.42. The average Bonchev–Trinajstić information content (AvgIpc) is 2.30. The van der Waals surface area contributed by atoms with E-state index in [9.17, 15) is 0 Å². The molecule has 0 aliphatic heterocycles. The smallest absolute Gasteiger partial charge is 0.225 e. The lowest BCUT2D eigenvalue weighted by Gasteiger charge is -2.18. The van der Waals surface area contributed by atoms with E-state index in [-0.39, 0.29) is 0 Å². The SMILES string of the molecule is Cc1nnc(Cl)n1C(C)C(C)C. The molecule has 0 saturated heterocycles. The van der Waals surface area contributed by atoms with Gasteiger partial charge < -0.3 is 0 Å². The van der Waals surface area contributed by atoms with Gasteiger partial charge in [-0.1, -0.05) is 13.8 Å². The van der Waals surface area contributed by atoms with Crippen molar-refractivity contribution >= 4 is 11.6 Å². The maximum absolute atomic E-state index is 5.87. The summed E-state index contributed by atoms with van der Waals surface area (Å²) in [7, 11) is 0. The molecule has 12 heavy (non-hydrogen) atoms. The largest absolute Gasteiger partial charge is 0.299 e. The first-order valence-corrected chi connectivity index (χ1v) is 4.48.